The molecule has 1 atom stereocenters. The number of benzene rings is 2. The quantitative estimate of drug-likeness (QED) is 0.451. The number of amides is 1. The van der Waals surface area contributed by atoms with Gasteiger partial charge in [0.15, 0.2) is 0 Å². The van der Waals surface area contributed by atoms with Crippen LogP contribution in [0.2, 0.25) is 5.02 Å². The number of nitrogens with two attached hydrogens (primary N) is 1. The number of imidazole rings is 1. The zero-order valence-electron chi connectivity index (χ0n) is 17.6. The Morgan fingerprint density at radius 2 is 2.00 bits per heavy atom. The van der Waals surface area contributed by atoms with E-state index in [4.69, 9.17) is 17.3 Å². The van der Waals surface area contributed by atoms with Gasteiger partial charge in [-0.05, 0) is 42.8 Å². The van der Waals surface area contributed by atoms with E-state index in [1.54, 1.807) is 23.1 Å². The number of nitrogens with zero attached hydrogens (tertiary/aromatic N) is 5. The van der Waals surface area contributed by atoms with Crippen molar-refractivity contribution < 1.29 is 13.2 Å². The van der Waals surface area contributed by atoms with Gasteiger partial charge in [-0.2, -0.15) is 4.31 Å². The maximum Gasteiger partial charge on any atom is 0.277 e. The van der Waals surface area contributed by atoms with Crippen LogP contribution in [0.3, 0.4) is 0 Å². The highest BCUT2D eigenvalue weighted by Gasteiger charge is 2.38. The standard InChI is InChI=1S/C21H20ClN7O3S/c1-12-8-28(33(31,32)21-26-16-5-3-14(22)7-18(16)27-21)10-19(30)29(12)9-13-2-4-15-17(6-13)24-11-25-20(15)23/h2-7,11-12H,8-10H2,1H3,(H,26,27)(H2,23,24,25)/t12-/m0/s1. The number of hydrogen-bond donors (Lipinski definition) is 2. The number of fused-ring (bicyclic) bond motifs is 2. The zero-order chi connectivity index (χ0) is 23.3. The molecule has 10 nitrogen and oxygen atoms in total. The first kappa shape index (κ1) is 21.6. The first-order chi connectivity index (χ1) is 15.7. The number of nitrogen functional groups attached to an aromatic ring is 1. The molecule has 0 bridgehead atoms. The van der Waals surface area contributed by atoms with Crippen molar-refractivity contribution in [3.8, 4) is 0 Å². The molecule has 1 aliphatic heterocycles. The lowest BCUT2D eigenvalue weighted by Gasteiger charge is -2.38. The van der Waals surface area contributed by atoms with Crippen molar-refractivity contribution in [2.75, 3.05) is 18.8 Å². The average molecular weight is 486 g/mol. The molecular weight excluding hydrogens is 466 g/mol. The number of sulfonamides is 1. The van der Waals surface area contributed by atoms with Crippen LogP contribution in [0.1, 0.15) is 12.5 Å². The second-order valence-corrected chi connectivity index (χ2v) is 10.3. The zero-order valence-corrected chi connectivity index (χ0v) is 19.1. The summed E-state index contributed by atoms with van der Waals surface area (Å²) < 4.78 is 27.5. The number of nitrogens with one attached hydrogen (secondary N) is 1. The van der Waals surface area contributed by atoms with E-state index in [1.807, 2.05) is 25.1 Å². The minimum atomic E-state index is -3.99. The van der Waals surface area contributed by atoms with Gasteiger partial charge < -0.3 is 15.6 Å². The van der Waals surface area contributed by atoms with Gasteiger partial charge in [-0.15, -0.1) is 0 Å². The fraction of sp³-hybridized carbons (Fsp3) is 0.238. The minimum Gasteiger partial charge on any atom is -0.383 e. The molecule has 12 heteroatoms. The SMILES string of the molecule is C[C@H]1CN(S(=O)(=O)c2nc3ccc(Cl)cc3[nH]2)CC(=O)N1Cc1ccc2c(N)ncnc2c1. The Labute approximate surface area is 194 Å². The van der Waals surface area contributed by atoms with Crippen molar-refractivity contribution in [1.82, 2.24) is 29.1 Å². The molecule has 0 aliphatic carbocycles. The number of H-pyrrole nitrogens is 1. The highest BCUT2D eigenvalue weighted by Crippen LogP contribution is 2.25. The number of carbonyl (C=O) groups excluding carboxylic acids is 1. The minimum absolute atomic E-state index is 0.147. The van der Waals surface area contributed by atoms with Crippen molar-refractivity contribution in [1.29, 1.82) is 0 Å². The number of hydrogen-bond acceptors (Lipinski definition) is 7. The molecule has 4 aromatic rings. The van der Waals surface area contributed by atoms with Crippen LogP contribution in [0.25, 0.3) is 21.9 Å². The largest absolute Gasteiger partial charge is 0.383 e. The number of halogens is 1. The summed E-state index contributed by atoms with van der Waals surface area (Å²) in [5.74, 6) is 0.0986. The second-order valence-electron chi connectivity index (χ2n) is 7.98. The van der Waals surface area contributed by atoms with E-state index in [9.17, 15) is 13.2 Å². The third-order valence-electron chi connectivity index (χ3n) is 5.72. The molecule has 3 N–H and O–H groups in total. The molecule has 0 unspecified atom stereocenters. The van der Waals surface area contributed by atoms with E-state index >= 15 is 0 Å². The summed E-state index contributed by atoms with van der Waals surface area (Å²) in [6.45, 7) is 2.03. The topological polar surface area (TPSA) is 138 Å². The van der Waals surface area contributed by atoms with Crippen LogP contribution in [0, 0.1) is 0 Å². The molecule has 1 amide bonds. The van der Waals surface area contributed by atoms with E-state index in [2.05, 4.69) is 19.9 Å². The Morgan fingerprint density at radius 1 is 1.18 bits per heavy atom. The fourth-order valence-electron chi connectivity index (χ4n) is 3.99. The molecular formula is C21H20ClN7O3S. The summed E-state index contributed by atoms with van der Waals surface area (Å²) >= 11 is 5.98. The van der Waals surface area contributed by atoms with Crippen LogP contribution in [0.5, 0.6) is 0 Å². The molecule has 170 valence electrons. The van der Waals surface area contributed by atoms with Gasteiger partial charge in [-0.25, -0.2) is 23.4 Å². The third-order valence-corrected chi connectivity index (χ3v) is 7.60. The van der Waals surface area contributed by atoms with Crippen LogP contribution in [-0.4, -0.2) is 62.6 Å². The van der Waals surface area contributed by atoms with Crippen LogP contribution in [-0.2, 0) is 21.4 Å². The Morgan fingerprint density at radius 3 is 2.79 bits per heavy atom. The Bertz CT molecular complexity index is 1500. The van der Waals surface area contributed by atoms with Gasteiger partial charge in [0.05, 0.1) is 23.1 Å². The summed E-state index contributed by atoms with van der Waals surface area (Å²) in [6, 6.07) is 10.1. The van der Waals surface area contributed by atoms with E-state index < -0.39 is 10.0 Å². The molecule has 5 rings (SSSR count). The number of anilines is 1. The predicted octanol–water partition coefficient (Wildman–Crippen LogP) is 2.16. The van der Waals surface area contributed by atoms with Crippen molar-refractivity contribution >= 4 is 55.3 Å². The maximum absolute atomic E-state index is 13.2. The molecule has 1 aliphatic rings. The lowest BCUT2D eigenvalue weighted by molar-refractivity contribution is -0.137. The maximum atomic E-state index is 13.2. The number of carbonyl (C=O) groups is 1. The van der Waals surface area contributed by atoms with Crippen LogP contribution >= 0.6 is 11.6 Å². The Hall–Kier alpha value is -3.28. The number of rotatable bonds is 4. The fourth-order valence-corrected chi connectivity index (χ4v) is 5.56. The lowest BCUT2D eigenvalue weighted by Crippen LogP contribution is -2.56. The molecule has 1 saturated heterocycles. The highest BCUT2D eigenvalue weighted by atomic mass is 35.5. The molecule has 0 radical (unpaired) electrons. The van der Waals surface area contributed by atoms with Crippen molar-refractivity contribution in [2.45, 2.75) is 24.7 Å². The number of piperazine rings is 1. The van der Waals surface area contributed by atoms with E-state index in [0.29, 0.717) is 33.9 Å². The number of aromatic nitrogens is 4. The van der Waals surface area contributed by atoms with E-state index in [0.717, 1.165) is 15.3 Å². The highest BCUT2D eigenvalue weighted by molar-refractivity contribution is 7.89. The monoisotopic (exact) mass is 485 g/mol. The van der Waals surface area contributed by atoms with Crippen LogP contribution in [0.4, 0.5) is 5.82 Å². The van der Waals surface area contributed by atoms with E-state index in [-0.39, 0.29) is 30.2 Å². The Balaban J connectivity index is 1.37. The summed E-state index contributed by atoms with van der Waals surface area (Å²) in [5.41, 5.74) is 8.43. The van der Waals surface area contributed by atoms with Gasteiger partial charge >= 0.3 is 0 Å². The molecule has 3 heterocycles. The van der Waals surface area contributed by atoms with Gasteiger partial charge in [0, 0.05) is 29.5 Å². The van der Waals surface area contributed by atoms with Crippen molar-refractivity contribution in [3.05, 3.63) is 53.3 Å². The molecule has 33 heavy (non-hydrogen) atoms. The first-order valence-corrected chi connectivity index (χ1v) is 12.0. The second kappa shape index (κ2) is 7.94. The third kappa shape index (κ3) is 3.88. The van der Waals surface area contributed by atoms with Crippen LogP contribution < -0.4 is 5.73 Å². The number of aromatic amines is 1. The molecule has 0 saturated carbocycles. The van der Waals surface area contributed by atoms with Gasteiger partial charge in [0.1, 0.15) is 12.1 Å². The van der Waals surface area contributed by atoms with Gasteiger partial charge in [0.2, 0.25) is 11.1 Å². The molecule has 1 fully saturated rings. The Kier molecular flexibility index (Phi) is 5.19. The average Bonchev–Trinajstić information content (AvgIpc) is 3.20. The first-order valence-electron chi connectivity index (χ1n) is 10.2. The van der Waals surface area contributed by atoms with Crippen molar-refractivity contribution in [2.24, 2.45) is 0 Å². The van der Waals surface area contributed by atoms with E-state index in [1.165, 1.54) is 6.33 Å². The van der Waals surface area contributed by atoms with Gasteiger partial charge in [-0.1, -0.05) is 17.7 Å². The van der Waals surface area contributed by atoms with Gasteiger partial charge in [-0.3, -0.25) is 4.79 Å². The lowest BCUT2D eigenvalue weighted by atomic mass is 10.1. The van der Waals surface area contributed by atoms with Crippen molar-refractivity contribution in [3.63, 3.8) is 0 Å². The summed E-state index contributed by atoms with van der Waals surface area (Å²) in [5, 5.41) is 0.999. The summed E-state index contributed by atoms with van der Waals surface area (Å²) in [4.78, 5) is 29.8. The smallest absolute Gasteiger partial charge is 0.277 e. The van der Waals surface area contributed by atoms with Crippen LogP contribution in [0.15, 0.2) is 47.9 Å². The molecule has 2 aromatic carbocycles. The normalized spacial score (nSPS) is 17.8. The molecule has 0 spiro atoms. The molecule has 2 aromatic heterocycles. The predicted molar refractivity (Wildman–Crippen MR) is 124 cm³/mol. The van der Waals surface area contributed by atoms with Gasteiger partial charge in [0.25, 0.3) is 10.0 Å². The summed E-state index contributed by atoms with van der Waals surface area (Å²) in [7, 11) is -3.99. The summed E-state index contributed by atoms with van der Waals surface area (Å²) in [6.07, 6.45) is 1.39.